The molecule has 3 nitrogen and oxygen atoms in total. The molecule has 0 saturated heterocycles. The zero-order valence-corrected chi connectivity index (χ0v) is 13.7. The maximum atomic E-state index is 12.3. The third-order valence-electron chi connectivity index (χ3n) is 4.40. The summed E-state index contributed by atoms with van der Waals surface area (Å²) in [5, 5.41) is 6.47. The van der Waals surface area contributed by atoms with Crippen LogP contribution in [0.3, 0.4) is 0 Å². The Morgan fingerprint density at radius 1 is 1.29 bits per heavy atom. The van der Waals surface area contributed by atoms with E-state index < -0.39 is 0 Å². The fourth-order valence-electron chi connectivity index (χ4n) is 3.16. The highest BCUT2D eigenvalue weighted by molar-refractivity contribution is 5.94. The van der Waals surface area contributed by atoms with Crippen LogP contribution in [0.4, 0.5) is 5.69 Å². The van der Waals surface area contributed by atoms with Gasteiger partial charge in [-0.3, -0.25) is 4.79 Å². The monoisotopic (exact) mass is 288 g/mol. The van der Waals surface area contributed by atoms with Crippen molar-refractivity contribution in [3.05, 3.63) is 29.8 Å². The van der Waals surface area contributed by atoms with Crippen molar-refractivity contribution in [3.8, 4) is 0 Å². The summed E-state index contributed by atoms with van der Waals surface area (Å²) in [6.45, 7) is 8.63. The van der Waals surface area contributed by atoms with Crippen LogP contribution in [0.5, 0.6) is 0 Å². The summed E-state index contributed by atoms with van der Waals surface area (Å²) < 4.78 is 0. The Kier molecular flexibility index (Phi) is 5.04. The summed E-state index contributed by atoms with van der Waals surface area (Å²) in [4.78, 5) is 12.3. The van der Waals surface area contributed by atoms with Gasteiger partial charge in [-0.2, -0.15) is 0 Å². The Bertz CT molecular complexity index is 478. The summed E-state index contributed by atoms with van der Waals surface area (Å²) in [7, 11) is 0. The lowest BCUT2D eigenvalue weighted by atomic mass is 9.75. The zero-order valence-electron chi connectivity index (χ0n) is 13.7. The van der Waals surface area contributed by atoms with Crippen molar-refractivity contribution in [2.75, 3.05) is 5.32 Å². The highest BCUT2D eigenvalue weighted by Crippen LogP contribution is 2.35. The maximum absolute atomic E-state index is 12.3. The molecule has 1 aliphatic rings. The van der Waals surface area contributed by atoms with Gasteiger partial charge in [-0.05, 0) is 50.7 Å². The largest absolute Gasteiger partial charge is 0.325 e. The quantitative estimate of drug-likeness (QED) is 0.882. The number of aryl methyl sites for hydroxylation is 1. The number of rotatable bonds is 4. The molecule has 1 amide bonds. The van der Waals surface area contributed by atoms with Gasteiger partial charge in [0.15, 0.2) is 0 Å². The molecule has 0 radical (unpaired) electrons. The Morgan fingerprint density at radius 3 is 2.57 bits per heavy atom. The molecule has 2 rings (SSSR count). The molecule has 0 spiro atoms. The first kappa shape index (κ1) is 16.0. The number of nitrogens with one attached hydrogen (secondary N) is 2. The van der Waals surface area contributed by atoms with E-state index in [0.717, 1.165) is 12.1 Å². The molecular formula is C18H28N2O. The molecule has 0 aliphatic heterocycles. The summed E-state index contributed by atoms with van der Waals surface area (Å²) in [5.41, 5.74) is 2.45. The minimum Gasteiger partial charge on any atom is -0.325 e. The number of hydrogen-bond acceptors (Lipinski definition) is 2. The van der Waals surface area contributed by atoms with Gasteiger partial charge >= 0.3 is 0 Å². The molecule has 2 N–H and O–H groups in total. The first-order valence-electron chi connectivity index (χ1n) is 7.99. The van der Waals surface area contributed by atoms with Crippen molar-refractivity contribution in [1.82, 2.24) is 5.32 Å². The molecule has 2 unspecified atom stereocenters. The summed E-state index contributed by atoms with van der Waals surface area (Å²) in [6, 6.07) is 8.21. The number of amides is 1. The van der Waals surface area contributed by atoms with E-state index in [0.29, 0.717) is 11.5 Å². The molecule has 2 atom stereocenters. The Hall–Kier alpha value is -1.35. The second-order valence-corrected chi connectivity index (χ2v) is 7.20. The number of benzene rings is 1. The van der Waals surface area contributed by atoms with Crippen molar-refractivity contribution in [2.24, 2.45) is 5.41 Å². The summed E-state index contributed by atoms with van der Waals surface area (Å²) >= 11 is 0. The number of hydrogen-bond donors (Lipinski definition) is 2. The molecule has 116 valence electrons. The highest BCUT2D eigenvalue weighted by Gasteiger charge is 2.29. The fraction of sp³-hybridized carbons (Fsp3) is 0.611. The Labute approximate surface area is 128 Å². The molecule has 0 heterocycles. The average molecular weight is 288 g/mol. The van der Waals surface area contributed by atoms with Gasteiger partial charge < -0.3 is 10.6 Å². The highest BCUT2D eigenvalue weighted by atomic mass is 16.2. The Balaban J connectivity index is 1.86. The van der Waals surface area contributed by atoms with Gasteiger partial charge in [0, 0.05) is 11.7 Å². The van der Waals surface area contributed by atoms with Gasteiger partial charge in [-0.25, -0.2) is 0 Å². The summed E-state index contributed by atoms with van der Waals surface area (Å²) in [5.74, 6) is 0.0437. The minimum atomic E-state index is -0.162. The molecule has 1 aromatic rings. The molecule has 1 fully saturated rings. The normalized spacial score (nSPS) is 22.6. The Morgan fingerprint density at radius 2 is 1.95 bits per heavy atom. The van der Waals surface area contributed by atoms with Crippen molar-refractivity contribution < 1.29 is 4.79 Å². The molecule has 0 aromatic heterocycles. The summed E-state index contributed by atoms with van der Waals surface area (Å²) in [6.07, 6.45) is 4.85. The predicted molar refractivity (Wildman–Crippen MR) is 88.4 cm³/mol. The maximum Gasteiger partial charge on any atom is 0.241 e. The van der Waals surface area contributed by atoms with E-state index in [1.54, 1.807) is 0 Å². The minimum absolute atomic E-state index is 0.0437. The number of carbonyl (C=O) groups excluding carboxylic acids is 1. The molecule has 3 heteroatoms. The zero-order chi connectivity index (χ0) is 15.5. The molecule has 21 heavy (non-hydrogen) atoms. The van der Waals surface area contributed by atoms with Crippen molar-refractivity contribution >= 4 is 11.6 Å². The molecular weight excluding hydrogens is 260 g/mol. The van der Waals surface area contributed by atoms with Crippen LogP contribution in [-0.2, 0) is 4.79 Å². The van der Waals surface area contributed by atoms with Crippen molar-refractivity contribution in [1.29, 1.82) is 0 Å². The molecule has 1 saturated carbocycles. The van der Waals surface area contributed by atoms with E-state index in [9.17, 15) is 4.79 Å². The van der Waals surface area contributed by atoms with Crippen LogP contribution in [0, 0.1) is 12.3 Å². The average Bonchev–Trinajstić information content (AvgIpc) is 2.40. The van der Waals surface area contributed by atoms with Crippen LogP contribution < -0.4 is 10.6 Å². The smallest absolute Gasteiger partial charge is 0.241 e. The first-order valence-corrected chi connectivity index (χ1v) is 7.99. The lowest BCUT2D eigenvalue weighted by Crippen LogP contribution is -2.46. The van der Waals surface area contributed by atoms with Gasteiger partial charge in [0.1, 0.15) is 0 Å². The second kappa shape index (κ2) is 6.61. The van der Waals surface area contributed by atoms with E-state index in [1.165, 1.54) is 24.8 Å². The van der Waals surface area contributed by atoms with Gasteiger partial charge in [0.05, 0.1) is 6.04 Å². The van der Waals surface area contributed by atoms with Gasteiger partial charge in [-0.15, -0.1) is 0 Å². The van der Waals surface area contributed by atoms with Crippen LogP contribution in [0.1, 0.15) is 52.0 Å². The van der Waals surface area contributed by atoms with E-state index in [4.69, 9.17) is 0 Å². The lowest BCUT2D eigenvalue weighted by molar-refractivity contribution is -0.118. The van der Waals surface area contributed by atoms with E-state index in [-0.39, 0.29) is 11.9 Å². The standard InChI is InChI=1S/C18H28N2O/c1-13-7-9-15(10-8-13)20-17(21)14(2)19-16-6-5-11-18(3,4)12-16/h7-10,14,16,19H,5-6,11-12H2,1-4H3,(H,20,21). The van der Waals surface area contributed by atoms with Crippen LogP contribution in [-0.4, -0.2) is 18.0 Å². The number of carbonyl (C=O) groups is 1. The van der Waals surface area contributed by atoms with Gasteiger partial charge in [0.25, 0.3) is 0 Å². The third kappa shape index (κ3) is 4.85. The van der Waals surface area contributed by atoms with Crippen molar-refractivity contribution in [2.45, 2.75) is 65.5 Å². The van der Waals surface area contributed by atoms with Crippen LogP contribution in [0.2, 0.25) is 0 Å². The SMILES string of the molecule is Cc1ccc(NC(=O)C(C)NC2CCCC(C)(C)C2)cc1. The lowest BCUT2D eigenvalue weighted by Gasteiger charge is -2.36. The van der Waals surface area contributed by atoms with E-state index >= 15 is 0 Å². The number of anilines is 1. The van der Waals surface area contributed by atoms with Crippen molar-refractivity contribution in [3.63, 3.8) is 0 Å². The van der Waals surface area contributed by atoms with Crippen LogP contribution in [0.15, 0.2) is 24.3 Å². The third-order valence-corrected chi connectivity index (χ3v) is 4.40. The topological polar surface area (TPSA) is 41.1 Å². The van der Waals surface area contributed by atoms with Gasteiger partial charge in [-0.1, -0.05) is 38.0 Å². The predicted octanol–water partition coefficient (Wildman–Crippen LogP) is 3.88. The molecule has 1 aromatic carbocycles. The molecule has 1 aliphatic carbocycles. The second-order valence-electron chi connectivity index (χ2n) is 7.20. The fourth-order valence-corrected chi connectivity index (χ4v) is 3.16. The van der Waals surface area contributed by atoms with E-state index in [2.05, 4.69) is 24.5 Å². The van der Waals surface area contributed by atoms with E-state index in [1.807, 2.05) is 38.1 Å². The van der Waals surface area contributed by atoms with Gasteiger partial charge in [0.2, 0.25) is 5.91 Å². The van der Waals surface area contributed by atoms with Crippen LogP contribution in [0.25, 0.3) is 0 Å². The first-order chi connectivity index (χ1) is 9.85. The molecule has 0 bridgehead atoms. The van der Waals surface area contributed by atoms with Crippen LogP contribution >= 0.6 is 0 Å².